The predicted molar refractivity (Wildman–Crippen MR) is 47.2 cm³/mol. The molecule has 28 heavy (non-hydrogen) atoms. The van der Waals surface area contributed by atoms with Crippen molar-refractivity contribution in [3.05, 3.63) is 0 Å². The molecule has 0 heterocycles. The second-order valence-corrected chi connectivity index (χ2v) is 4.97. The number of carboxylic acid groups (broad SMARTS) is 1. The molecule has 0 aromatic carbocycles. The summed E-state index contributed by atoms with van der Waals surface area (Å²) in [4.78, 5) is 10.0. The number of hydrogen-bond donors (Lipinski definition) is 1. The lowest BCUT2D eigenvalue weighted by molar-refractivity contribution is -0.477. The van der Waals surface area contributed by atoms with Crippen LogP contribution in [0.5, 0.6) is 0 Å². The lowest BCUT2D eigenvalue weighted by Gasteiger charge is -2.39. The lowest BCUT2D eigenvalue weighted by atomic mass is 10.1. The van der Waals surface area contributed by atoms with Crippen LogP contribution in [0.25, 0.3) is 0 Å². The van der Waals surface area contributed by atoms with Gasteiger partial charge in [0, 0.05) is 0 Å². The van der Waals surface area contributed by atoms with Crippen LogP contribution in [0.2, 0.25) is 0 Å². The van der Waals surface area contributed by atoms with E-state index in [1.54, 1.807) is 0 Å². The molecule has 0 aromatic heterocycles. The average molecular weight is 461 g/mol. The van der Waals surface area contributed by atoms with Crippen LogP contribution in [-0.2, 0) is 9.53 Å². The molecular formula is C9HF16O3-. The minimum absolute atomic E-state index is 0. The molecule has 0 spiro atoms. The largest absolute Gasteiger partial charge is 1.00 e. The number of alkyl halides is 15. The third-order valence-electron chi connectivity index (χ3n) is 3.31. The highest BCUT2D eigenvalue weighted by molar-refractivity contribution is 5.77. The van der Waals surface area contributed by atoms with Crippen molar-refractivity contribution in [1.82, 2.24) is 0 Å². The lowest BCUT2D eigenvalue weighted by Crippen LogP contribution is -3.00. The van der Waals surface area contributed by atoms with Crippen molar-refractivity contribution >= 4 is 5.97 Å². The second-order valence-electron chi connectivity index (χ2n) is 4.97. The monoisotopic (exact) mass is 461 g/mol. The summed E-state index contributed by atoms with van der Waals surface area (Å²) in [5, 5.41) is 7.80. The Kier molecular flexibility index (Phi) is 5.55. The number of halogens is 16. The number of ether oxygens (including phenoxy) is 1. The van der Waals surface area contributed by atoms with Crippen LogP contribution in [0, 0.1) is 0 Å². The van der Waals surface area contributed by atoms with E-state index in [1.807, 2.05) is 0 Å². The summed E-state index contributed by atoms with van der Waals surface area (Å²) in [6, 6.07) is 0. The molecule has 1 aliphatic rings. The molecule has 1 N–H and O–H groups in total. The Morgan fingerprint density at radius 2 is 0.964 bits per heavy atom. The maximum absolute atomic E-state index is 13.7. The van der Waals surface area contributed by atoms with Crippen LogP contribution < -0.4 is 4.70 Å². The molecule has 19 heteroatoms. The fourth-order valence-corrected chi connectivity index (χ4v) is 1.75. The SMILES string of the molecule is O=C(O)C(F)(F)C(F)(OC1(F)C(F)(F)C(F)(F)C(F)(F)C1(F)F)C(F)(F)F.[F-]. The summed E-state index contributed by atoms with van der Waals surface area (Å²) in [6.07, 6.45) is -7.67. The molecule has 0 amide bonds. The summed E-state index contributed by atoms with van der Waals surface area (Å²) in [5.41, 5.74) is 0. The number of carboxylic acids is 1. The summed E-state index contributed by atoms with van der Waals surface area (Å²) in [6.45, 7) is 0. The summed E-state index contributed by atoms with van der Waals surface area (Å²) in [7, 11) is 0. The van der Waals surface area contributed by atoms with Gasteiger partial charge >= 0.3 is 53.5 Å². The van der Waals surface area contributed by atoms with Gasteiger partial charge in [-0.1, -0.05) is 0 Å². The van der Waals surface area contributed by atoms with Gasteiger partial charge in [-0.15, -0.1) is 0 Å². The van der Waals surface area contributed by atoms with Crippen molar-refractivity contribution in [3.63, 3.8) is 0 Å². The van der Waals surface area contributed by atoms with Crippen LogP contribution in [0.4, 0.5) is 65.9 Å². The summed E-state index contributed by atoms with van der Waals surface area (Å²) < 4.78 is 196. The van der Waals surface area contributed by atoms with Gasteiger partial charge in [-0.3, -0.25) is 4.74 Å². The van der Waals surface area contributed by atoms with Crippen molar-refractivity contribution in [3.8, 4) is 0 Å². The Balaban J connectivity index is 0.00000729. The molecule has 1 rings (SSSR count). The Morgan fingerprint density at radius 1 is 0.679 bits per heavy atom. The third-order valence-corrected chi connectivity index (χ3v) is 3.31. The van der Waals surface area contributed by atoms with Crippen molar-refractivity contribution < 1.29 is 85.2 Å². The van der Waals surface area contributed by atoms with Gasteiger partial charge in [-0.25, -0.2) is 4.79 Å². The van der Waals surface area contributed by atoms with E-state index in [-0.39, 0.29) is 4.70 Å². The minimum atomic E-state index is -7.77. The zero-order chi connectivity index (χ0) is 22.3. The molecule has 0 aliphatic heterocycles. The summed E-state index contributed by atoms with van der Waals surface area (Å²) >= 11 is 0. The smallest absolute Gasteiger partial charge is 0.455 e. The van der Waals surface area contributed by atoms with Crippen LogP contribution in [0.3, 0.4) is 0 Å². The molecule has 3 nitrogen and oxygen atoms in total. The number of rotatable bonds is 4. The van der Waals surface area contributed by atoms with Gasteiger partial charge in [-0.05, 0) is 0 Å². The first-order valence-electron chi connectivity index (χ1n) is 5.67. The van der Waals surface area contributed by atoms with Gasteiger partial charge in [0.25, 0.3) is 0 Å². The Bertz CT molecular complexity index is 612. The molecule has 1 fully saturated rings. The van der Waals surface area contributed by atoms with Crippen LogP contribution in [0.15, 0.2) is 0 Å². The van der Waals surface area contributed by atoms with Gasteiger partial charge < -0.3 is 9.81 Å². The highest BCUT2D eigenvalue weighted by Crippen LogP contribution is 2.71. The molecule has 0 aromatic rings. The Hall–Kier alpha value is -1.69. The highest BCUT2D eigenvalue weighted by Gasteiger charge is 3.03. The Labute approximate surface area is 140 Å². The molecule has 1 aliphatic carbocycles. The van der Waals surface area contributed by atoms with Crippen molar-refractivity contribution in [2.24, 2.45) is 0 Å². The maximum atomic E-state index is 13.7. The third kappa shape index (κ3) is 2.46. The van der Waals surface area contributed by atoms with E-state index in [2.05, 4.69) is 0 Å². The summed E-state index contributed by atoms with van der Waals surface area (Å²) in [5.74, 6) is -57.6. The molecule has 0 saturated heterocycles. The van der Waals surface area contributed by atoms with Gasteiger partial charge in [0.1, 0.15) is 0 Å². The van der Waals surface area contributed by atoms with Gasteiger partial charge in [0.05, 0.1) is 0 Å². The van der Waals surface area contributed by atoms with Crippen molar-refractivity contribution in [2.45, 2.75) is 47.5 Å². The number of hydrogen-bond acceptors (Lipinski definition) is 2. The molecule has 168 valence electrons. The van der Waals surface area contributed by atoms with E-state index in [0.717, 1.165) is 0 Å². The average Bonchev–Trinajstić information content (AvgIpc) is 2.47. The predicted octanol–water partition coefficient (Wildman–Crippen LogP) is 1.18. The standard InChI is InChI=1S/C9HF15O3.FH/c10-2(11,1(25)26)7(20,9(22,23)24)27-8(21)5(16,17)3(12,13)4(14,15)6(8,18)19;/h(H,25,26);1H/p-1. The molecule has 0 radical (unpaired) electrons. The molecule has 1 atom stereocenters. The van der Waals surface area contributed by atoms with Gasteiger partial charge in [0.15, 0.2) is 0 Å². The van der Waals surface area contributed by atoms with E-state index in [1.165, 1.54) is 4.74 Å². The van der Waals surface area contributed by atoms with Gasteiger partial charge in [0.2, 0.25) is 0 Å². The number of aliphatic carboxylic acids is 1. The fourth-order valence-electron chi connectivity index (χ4n) is 1.75. The first kappa shape index (κ1) is 26.3. The topological polar surface area (TPSA) is 46.5 Å². The molecular weight excluding hydrogens is 460 g/mol. The highest BCUT2D eigenvalue weighted by atomic mass is 19.4. The molecule has 1 saturated carbocycles. The fraction of sp³-hybridized carbons (Fsp3) is 0.889. The van der Waals surface area contributed by atoms with Gasteiger partial charge in [-0.2, -0.15) is 65.9 Å². The van der Waals surface area contributed by atoms with E-state index < -0.39 is 53.5 Å². The maximum Gasteiger partial charge on any atom is 0.455 e. The minimum Gasteiger partial charge on any atom is -1.00 e. The quantitative estimate of drug-likeness (QED) is 0.641. The normalized spacial score (nSPS) is 26.8. The van der Waals surface area contributed by atoms with E-state index in [9.17, 15) is 70.7 Å². The zero-order valence-electron chi connectivity index (χ0n) is 11.8. The zero-order valence-corrected chi connectivity index (χ0v) is 11.8. The first-order chi connectivity index (χ1) is 11.4. The van der Waals surface area contributed by atoms with Crippen molar-refractivity contribution in [2.75, 3.05) is 0 Å². The van der Waals surface area contributed by atoms with E-state index in [4.69, 9.17) is 5.11 Å². The number of carbonyl (C=O) groups is 1. The second kappa shape index (κ2) is 5.91. The van der Waals surface area contributed by atoms with E-state index >= 15 is 0 Å². The van der Waals surface area contributed by atoms with Crippen LogP contribution >= 0.6 is 0 Å². The van der Waals surface area contributed by atoms with E-state index in [0.29, 0.717) is 0 Å². The van der Waals surface area contributed by atoms with Crippen LogP contribution in [0.1, 0.15) is 0 Å². The van der Waals surface area contributed by atoms with Crippen molar-refractivity contribution in [1.29, 1.82) is 0 Å². The Morgan fingerprint density at radius 3 is 1.18 bits per heavy atom. The molecule has 1 unspecified atom stereocenters. The first-order valence-corrected chi connectivity index (χ1v) is 5.67. The molecule has 0 bridgehead atoms. The van der Waals surface area contributed by atoms with Crippen LogP contribution in [-0.4, -0.2) is 58.6 Å².